The van der Waals surface area contributed by atoms with Crippen LogP contribution in [0.2, 0.25) is 0 Å². The Kier molecular flexibility index (Phi) is 8.27. The Morgan fingerprint density at radius 1 is 0.650 bits per heavy atom. The standard InChI is InChI=1S/C55H72N2O3/c1-27-24-25-34(35(26-27)47(58)59)40-38-30(4)36-28(2)32(6)50(12,13)56-43(36)41(48(8,9)52(16,17)54(56,20)21)45(38)60-46-39(40)31(5)37-29(3)33(7)51(14,15)57-44(37)42(46)49(10,11)53(18,19)55(57,22)23/h24-26H,1-23H3/p+1. The lowest BCUT2D eigenvalue weighted by Crippen LogP contribution is -2.73. The number of hydrogen-bond acceptors (Lipinski definition) is 3. The highest BCUT2D eigenvalue weighted by Gasteiger charge is 2.66. The van der Waals surface area contributed by atoms with Gasteiger partial charge in [-0.05, 0) is 121 Å². The van der Waals surface area contributed by atoms with E-state index in [1.807, 2.05) is 13.0 Å². The molecule has 0 saturated carbocycles. The van der Waals surface area contributed by atoms with E-state index in [-0.39, 0.29) is 43.8 Å². The van der Waals surface area contributed by atoms with Crippen LogP contribution in [0, 0.1) is 31.6 Å². The Morgan fingerprint density at radius 3 is 1.77 bits per heavy atom. The van der Waals surface area contributed by atoms with E-state index in [0.717, 1.165) is 50.1 Å². The van der Waals surface area contributed by atoms with E-state index in [1.165, 1.54) is 55.6 Å². The number of allylic oxidation sites excluding steroid dienone is 2. The molecule has 5 aliphatic rings. The van der Waals surface area contributed by atoms with Crippen LogP contribution in [0.25, 0.3) is 16.7 Å². The average molecular weight is 810 g/mol. The number of fused-ring (bicyclic) bond motifs is 4. The van der Waals surface area contributed by atoms with Gasteiger partial charge in [0.2, 0.25) is 5.36 Å². The SMILES string of the molecule is CC1=C(C)C(C)(C)N2c3c1c(C)c1c(c3C(C)(C)C(C)(C)C2(C)C)Oc2c3c4c(c(C)c2=C1c1ccc(C)cc1C(=O)O)C(C)=C(C)C(C)(C)[N+]=4C(C)(C)C(C)(C)C3(C)C. The van der Waals surface area contributed by atoms with E-state index in [4.69, 9.17) is 4.74 Å². The van der Waals surface area contributed by atoms with E-state index in [2.05, 4.69) is 174 Å². The zero-order valence-corrected chi connectivity index (χ0v) is 41.4. The van der Waals surface area contributed by atoms with Crippen molar-refractivity contribution in [1.82, 2.24) is 4.58 Å². The summed E-state index contributed by atoms with van der Waals surface area (Å²) in [5.41, 5.74) is 15.5. The monoisotopic (exact) mass is 810 g/mol. The fraction of sp³-hybridized carbons (Fsp3) is 0.564. The summed E-state index contributed by atoms with van der Waals surface area (Å²) >= 11 is 0. The number of aryl methyl sites for hydroxylation is 1. The van der Waals surface area contributed by atoms with Crippen molar-refractivity contribution in [3.63, 3.8) is 0 Å². The van der Waals surface area contributed by atoms with Crippen molar-refractivity contribution in [2.45, 2.75) is 192 Å². The molecule has 5 aliphatic heterocycles. The largest absolute Gasteiger partial charge is 0.478 e. The van der Waals surface area contributed by atoms with Crippen LogP contribution >= 0.6 is 0 Å². The predicted molar refractivity (Wildman–Crippen MR) is 252 cm³/mol. The maximum absolute atomic E-state index is 13.6. The highest BCUT2D eigenvalue weighted by Crippen LogP contribution is 2.68. The van der Waals surface area contributed by atoms with Crippen molar-refractivity contribution in [2.75, 3.05) is 4.90 Å². The van der Waals surface area contributed by atoms with E-state index in [1.54, 1.807) is 0 Å². The summed E-state index contributed by atoms with van der Waals surface area (Å²) in [5.74, 6) is 0.841. The highest BCUT2D eigenvalue weighted by molar-refractivity contribution is 6.03. The lowest BCUT2D eigenvalue weighted by molar-refractivity contribution is 0.00758. The first-order valence-corrected chi connectivity index (χ1v) is 22.4. The summed E-state index contributed by atoms with van der Waals surface area (Å²) < 4.78 is 10.8. The minimum Gasteiger partial charge on any atom is -0.478 e. The molecule has 0 saturated heterocycles. The van der Waals surface area contributed by atoms with E-state index in [9.17, 15) is 9.90 Å². The second-order valence-electron chi connectivity index (χ2n) is 23.6. The fourth-order valence-electron chi connectivity index (χ4n) is 13.4. The van der Waals surface area contributed by atoms with Crippen LogP contribution in [0.5, 0.6) is 11.5 Å². The number of anilines is 1. The minimum absolute atomic E-state index is 0.235. The minimum atomic E-state index is -0.921. The zero-order chi connectivity index (χ0) is 45.1. The number of carbonyl (C=O) groups is 1. The molecule has 0 fully saturated rings. The Labute approximate surface area is 361 Å². The van der Waals surface area contributed by atoms with Crippen LogP contribution in [-0.4, -0.2) is 33.2 Å². The van der Waals surface area contributed by atoms with E-state index < -0.39 is 5.97 Å². The van der Waals surface area contributed by atoms with Crippen LogP contribution in [0.3, 0.4) is 0 Å². The molecule has 5 heterocycles. The maximum atomic E-state index is 13.6. The van der Waals surface area contributed by atoms with Crippen molar-refractivity contribution in [3.8, 4) is 11.5 Å². The van der Waals surface area contributed by atoms with Gasteiger partial charge in [0.1, 0.15) is 11.5 Å². The molecular weight excluding hydrogens is 737 g/mol. The third kappa shape index (κ3) is 4.41. The highest BCUT2D eigenvalue weighted by atomic mass is 16.5. The second kappa shape index (κ2) is 11.7. The van der Waals surface area contributed by atoms with E-state index >= 15 is 0 Å². The lowest BCUT2D eigenvalue weighted by Gasteiger charge is -2.68. The summed E-state index contributed by atoms with van der Waals surface area (Å²) in [6, 6.07) is 6.02. The van der Waals surface area contributed by atoms with Gasteiger partial charge in [0, 0.05) is 82.5 Å². The average Bonchev–Trinajstić information content (AvgIpc) is 3.10. The van der Waals surface area contributed by atoms with Gasteiger partial charge in [-0.2, -0.15) is 0 Å². The summed E-state index contributed by atoms with van der Waals surface area (Å²) in [6.45, 7) is 54.6. The number of ether oxygens (including phenoxy) is 1. The lowest BCUT2D eigenvalue weighted by atomic mass is 9.50. The van der Waals surface area contributed by atoms with Crippen molar-refractivity contribution in [2.24, 2.45) is 10.8 Å². The molecular formula is C55H73N2O3+. The number of nitrogens with zero attached hydrogens (tertiary/aromatic N) is 2. The van der Waals surface area contributed by atoms with Gasteiger partial charge in [-0.15, -0.1) is 0 Å². The molecule has 3 aromatic carbocycles. The normalized spacial score (nSPS) is 23.7. The van der Waals surface area contributed by atoms with Gasteiger partial charge in [0.15, 0.2) is 11.1 Å². The summed E-state index contributed by atoms with van der Waals surface area (Å²) in [4.78, 5) is 16.3. The first kappa shape index (κ1) is 42.6. The summed E-state index contributed by atoms with van der Waals surface area (Å²) in [7, 11) is 0. The third-order valence-corrected chi connectivity index (χ3v) is 19.6. The molecule has 0 radical (unpaired) electrons. The summed E-state index contributed by atoms with van der Waals surface area (Å²) in [6.07, 6.45) is 0. The van der Waals surface area contributed by atoms with Crippen LogP contribution in [-0.2, 0) is 10.8 Å². The Hall–Kier alpha value is -4.12. The predicted octanol–water partition coefficient (Wildman–Crippen LogP) is 12.3. The van der Waals surface area contributed by atoms with Crippen molar-refractivity contribution in [3.05, 3.63) is 95.6 Å². The smallest absolute Gasteiger partial charge is 0.336 e. The number of carboxylic acid groups (broad SMARTS) is 1. The Morgan fingerprint density at radius 2 is 1.20 bits per heavy atom. The molecule has 8 rings (SSSR count). The summed E-state index contributed by atoms with van der Waals surface area (Å²) in [5, 5.41) is 13.4. The van der Waals surface area contributed by atoms with Crippen molar-refractivity contribution >= 4 is 28.4 Å². The van der Waals surface area contributed by atoms with Crippen LogP contribution in [0.15, 0.2) is 29.3 Å². The van der Waals surface area contributed by atoms with Gasteiger partial charge in [-0.3, -0.25) is 0 Å². The molecule has 3 aromatic rings. The quantitative estimate of drug-likeness (QED) is 0.205. The molecule has 0 aliphatic carbocycles. The molecule has 0 amide bonds. The molecule has 1 N–H and O–H groups in total. The molecule has 0 bridgehead atoms. The van der Waals surface area contributed by atoms with Gasteiger partial charge in [-0.1, -0.05) is 73.1 Å². The molecule has 5 nitrogen and oxygen atoms in total. The molecule has 5 heteroatoms. The van der Waals surface area contributed by atoms with E-state index in [0.29, 0.717) is 5.56 Å². The van der Waals surface area contributed by atoms with Crippen molar-refractivity contribution < 1.29 is 14.6 Å². The number of carboxylic acids is 1. The first-order chi connectivity index (χ1) is 27.1. The Bertz CT molecular complexity index is 2770. The van der Waals surface area contributed by atoms with Crippen molar-refractivity contribution in [1.29, 1.82) is 0 Å². The van der Waals surface area contributed by atoms with Crippen LogP contribution in [0.4, 0.5) is 5.69 Å². The molecule has 0 atom stereocenters. The first-order valence-electron chi connectivity index (χ1n) is 22.4. The van der Waals surface area contributed by atoms with Gasteiger partial charge in [0.25, 0.3) is 0 Å². The number of benzene rings is 3. The molecule has 60 heavy (non-hydrogen) atoms. The van der Waals surface area contributed by atoms with Gasteiger partial charge in [-0.25, -0.2) is 9.37 Å². The fourth-order valence-corrected chi connectivity index (χ4v) is 13.4. The molecule has 320 valence electrons. The van der Waals surface area contributed by atoms with Crippen LogP contribution in [0.1, 0.15) is 199 Å². The number of hydrogen-bond donors (Lipinski definition) is 1. The molecule has 0 unspecified atom stereocenters. The van der Waals surface area contributed by atoms with Gasteiger partial charge >= 0.3 is 5.97 Å². The zero-order valence-electron chi connectivity index (χ0n) is 41.4. The second-order valence-corrected chi connectivity index (χ2v) is 23.6. The Balaban J connectivity index is 1.77. The van der Waals surface area contributed by atoms with Gasteiger partial charge in [0.05, 0.1) is 27.9 Å². The topological polar surface area (TPSA) is 52.8 Å². The van der Waals surface area contributed by atoms with Crippen LogP contribution < -0.4 is 24.8 Å². The number of rotatable bonds is 2. The number of aromatic carboxylic acids is 1. The maximum Gasteiger partial charge on any atom is 0.336 e. The molecule has 0 aromatic heterocycles. The van der Waals surface area contributed by atoms with Gasteiger partial charge < -0.3 is 14.7 Å². The molecule has 0 spiro atoms. The third-order valence-electron chi connectivity index (χ3n) is 19.6.